The second-order valence-corrected chi connectivity index (χ2v) is 7.73. The summed E-state index contributed by atoms with van der Waals surface area (Å²) in [5.74, 6) is -0.542. The normalized spacial score (nSPS) is 14.8. The Balaban J connectivity index is 2.02. The molecule has 140 valence electrons. The Bertz CT molecular complexity index is 928. The lowest BCUT2D eigenvalue weighted by Crippen LogP contribution is -2.12. The van der Waals surface area contributed by atoms with Gasteiger partial charge in [0, 0.05) is 34.5 Å². The van der Waals surface area contributed by atoms with E-state index in [1.54, 1.807) is 6.92 Å². The van der Waals surface area contributed by atoms with Crippen LogP contribution >= 0.6 is 27.3 Å². The number of rotatable bonds is 5. The van der Waals surface area contributed by atoms with E-state index in [2.05, 4.69) is 20.9 Å². The number of benzene rings is 1. The maximum atomic E-state index is 12.5. The molecule has 1 heterocycles. The third-order valence-electron chi connectivity index (χ3n) is 4.15. The van der Waals surface area contributed by atoms with Crippen LogP contribution in [0.2, 0.25) is 0 Å². The molecule has 0 fully saturated rings. The fourth-order valence-electron chi connectivity index (χ4n) is 2.80. The van der Waals surface area contributed by atoms with Gasteiger partial charge >= 0.3 is 5.97 Å². The first-order valence-corrected chi connectivity index (χ1v) is 10.2. The summed E-state index contributed by atoms with van der Waals surface area (Å²) in [7, 11) is 0. The lowest BCUT2D eigenvalue weighted by Gasteiger charge is -2.11. The first-order valence-electron chi connectivity index (χ1n) is 8.55. The zero-order valence-electron chi connectivity index (χ0n) is 14.7. The van der Waals surface area contributed by atoms with Gasteiger partial charge in [-0.25, -0.2) is 9.79 Å². The number of aliphatic imine (C=N–C) groups is 1. The number of aliphatic hydroxyl groups is 1. The Morgan fingerprint density at radius 3 is 2.74 bits per heavy atom. The lowest BCUT2D eigenvalue weighted by atomic mass is 9.97. The van der Waals surface area contributed by atoms with E-state index in [-0.39, 0.29) is 23.7 Å². The summed E-state index contributed by atoms with van der Waals surface area (Å²) < 4.78 is 6.14. The van der Waals surface area contributed by atoms with E-state index in [1.807, 2.05) is 29.6 Å². The summed E-state index contributed by atoms with van der Waals surface area (Å²) in [6.07, 6.45) is 2.86. The van der Waals surface area contributed by atoms with Crippen LogP contribution in [0.3, 0.4) is 0 Å². The van der Waals surface area contributed by atoms with Crippen LogP contribution in [0.1, 0.15) is 36.5 Å². The summed E-state index contributed by atoms with van der Waals surface area (Å²) in [6, 6.07) is 7.60. The maximum absolute atomic E-state index is 12.5. The van der Waals surface area contributed by atoms with Crippen molar-refractivity contribution in [3.63, 3.8) is 0 Å². The van der Waals surface area contributed by atoms with Crippen LogP contribution in [-0.2, 0) is 9.53 Å². The first-order chi connectivity index (χ1) is 13.0. The molecule has 0 saturated heterocycles. The average Bonchev–Trinajstić information content (AvgIpc) is 3.06. The molecule has 2 aromatic rings. The molecule has 0 amide bonds. The van der Waals surface area contributed by atoms with Crippen LogP contribution in [0.4, 0.5) is 5.00 Å². The number of esters is 1. The minimum absolute atomic E-state index is 0.0531. The van der Waals surface area contributed by atoms with Gasteiger partial charge in [-0.2, -0.15) is 0 Å². The molecule has 0 unspecified atom stereocenters. The predicted molar refractivity (Wildman–Crippen MR) is 110 cm³/mol. The third-order valence-corrected chi connectivity index (χ3v) is 5.56. The Kier molecular flexibility index (Phi) is 6.23. The molecule has 0 bridgehead atoms. The summed E-state index contributed by atoms with van der Waals surface area (Å²) in [4.78, 5) is 28.9. The van der Waals surface area contributed by atoms with Crippen molar-refractivity contribution in [1.82, 2.24) is 0 Å². The molecule has 0 aliphatic heterocycles. The van der Waals surface area contributed by atoms with E-state index in [0.29, 0.717) is 29.8 Å². The highest BCUT2D eigenvalue weighted by Gasteiger charge is 2.22. The molecule has 1 aliphatic carbocycles. The number of halogens is 1. The summed E-state index contributed by atoms with van der Waals surface area (Å²) in [6.45, 7) is 2.00. The second kappa shape index (κ2) is 8.63. The van der Waals surface area contributed by atoms with Gasteiger partial charge in [-0.05, 0) is 31.0 Å². The number of ketones is 1. The molecular formula is C20H18BrNO4S. The van der Waals surface area contributed by atoms with Gasteiger partial charge < -0.3 is 9.84 Å². The Labute approximate surface area is 169 Å². The van der Waals surface area contributed by atoms with Gasteiger partial charge in [0.2, 0.25) is 0 Å². The van der Waals surface area contributed by atoms with Crippen molar-refractivity contribution in [1.29, 1.82) is 0 Å². The highest BCUT2D eigenvalue weighted by Crippen LogP contribution is 2.38. The maximum Gasteiger partial charge on any atom is 0.341 e. The highest BCUT2D eigenvalue weighted by molar-refractivity contribution is 9.10. The number of carbonyl (C=O) groups is 2. The monoisotopic (exact) mass is 447 g/mol. The van der Waals surface area contributed by atoms with Crippen molar-refractivity contribution >= 4 is 50.2 Å². The number of aliphatic hydroxyl groups excluding tert-OH is 1. The van der Waals surface area contributed by atoms with Gasteiger partial charge in [0.25, 0.3) is 0 Å². The Morgan fingerprint density at radius 2 is 2.07 bits per heavy atom. The summed E-state index contributed by atoms with van der Waals surface area (Å²) >= 11 is 4.70. The van der Waals surface area contributed by atoms with Crippen LogP contribution in [0.25, 0.3) is 11.1 Å². The van der Waals surface area contributed by atoms with E-state index >= 15 is 0 Å². The largest absolute Gasteiger partial charge is 0.512 e. The van der Waals surface area contributed by atoms with E-state index < -0.39 is 5.97 Å². The molecule has 1 aliphatic rings. The molecule has 5 nitrogen and oxygen atoms in total. The number of allylic oxidation sites excluding steroid dienone is 2. The number of hydrogen-bond acceptors (Lipinski definition) is 6. The Morgan fingerprint density at radius 1 is 1.33 bits per heavy atom. The molecule has 1 aromatic heterocycles. The van der Waals surface area contributed by atoms with Crippen molar-refractivity contribution < 1.29 is 19.4 Å². The minimum atomic E-state index is -0.461. The molecule has 3 rings (SSSR count). The Hall–Kier alpha value is -2.25. The molecule has 0 spiro atoms. The molecule has 27 heavy (non-hydrogen) atoms. The minimum Gasteiger partial charge on any atom is -0.512 e. The van der Waals surface area contributed by atoms with Crippen LogP contribution < -0.4 is 0 Å². The van der Waals surface area contributed by atoms with Gasteiger partial charge in [0.1, 0.15) is 16.3 Å². The molecule has 0 radical (unpaired) electrons. The zero-order chi connectivity index (χ0) is 19.4. The van der Waals surface area contributed by atoms with Crippen molar-refractivity contribution in [2.75, 3.05) is 6.61 Å². The van der Waals surface area contributed by atoms with Gasteiger partial charge in [-0.3, -0.25) is 4.79 Å². The van der Waals surface area contributed by atoms with Crippen molar-refractivity contribution in [3.8, 4) is 11.1 Å². The van der Waals surface area contributed by atoms with Gasteiger partial charge in [0.05, 0.1) is 12.2 Å². The smallest absolute Gasteiger partial charge is 0.341 e. The van der Waals surface area contributed by atoms with Crippen molar-refractivity contribution in [2.45, 2.75) is 26.2 Å². The van der Waals surface area contributed by atoms with Crippen LogP contribution in [0.5, 0.6) is 0 Å². The fourth-order valence-corrected chi connectivity index (χ4v) is 3.97. The molecule has 0 saturated carbocycles. The zero-order valence-corrected chi connectivity index (χ0v) is 17.1. The number of hydrogen-bond donors (Lipinski definition) is 1. The van der Waals surface area contributed by atoms with Crippen LogP contribution in [0.15, 0.2) is 50.4 Å². The number of nitrogens with zero attached hydrogens (tertiary/aromatic N) is 1. The molecule has 0 atom stereocenters. The van der Waals surface area contributed by atoms with Crippen molar-refractivity contribution in [3.05, 3.63) is 51.0 Å². The predicted octanol–water partition coefficient (Wildman–Crippen LogP) is 5.62. The number of thiophene rings is 1. The van der Waals surface area contributed by atoms with Crippen LogP contribution in [0, 0.1) is 0 Å². The third kappa shape index (κ3) is 4.36. The molecule has 7 heteroatoms. The average molecular weight is 448 g/mol. The van der Waals surface area contributed by atoms with E-state index in [1.165, 1.54) is 17.6 Å². The summed E-state index contributed by atoms with van der Waals surface area (Å²) in [5, 5.41) is 12.3. The standard InChI is InChI=1S/C20H18BrNO4S/c1-2-26-20(25)18-15(12-6-8-13(21)9-7-12)11-27-19(18)22-10-14-16(23)4-3-5-17(14)24/h6-11,23H,2-5H2,1H3/b22-10+. The topological polar surface area (TPSA) is 76.0 Å². The SMILES string of the molecule is CCOC(=O)c1c(-c2ccc(Br)cc2)csc1/N=C/C1=C(O)CCCC1=O. The van der Waals surface area contributed by atoms with Crippen molar-refractivity contribution in [2.24, 2.45) is 4.99 Å². The second-order valence-electron chi connectivity index (χ2n) is 5.95. The van der Waals surface area contributed by atoms with Gasteiger partial charge in [0.15, 0.2) is 5.78 Å². The highest BCUT2D eigenvalue weighted by atomic mass is 79.9. The first kappa shape index (κ1) is 19.5. The fraction of sp³-hybridized carbons (Fsp3) is 0.250. The lowest BCUT2D eigenvalue weighted by molar-refractivity contribution is -0.115. The number of Topliss-reactive ketones (excluding diaryl/α,β-unsaturated/α-hetero) is 1. The van der Waals surface area contributed by atoms with Crippen LogP contribution in [-0.4, -0.2) is 29.7 Å². The van der Waals surface area contributed by atoms with E-state index in [0.717, 1.165) is 15.6 Å². The quantitative estimate of drug-likeness (QED) is 0.476. The number of ether oxygens (including phenoxy) is 1. The van der Waals surface area contributed by atoms with Gasteiger partial charge in [-0.1, -0.05) is 28.1 Å². The summed E-state index contributed by atoms with van der Waals surface area (Å²) in [5.41, 5.74) is 2.18. The number of carbonyl (C=O) groups excluding carboxylic acids is 2. The van der Waals surface area contributed by atoms with Gasteiger partial charge in [-0.15, -0.1) is 11.3 Å². The molecule has 1 aromatic carbocycles. The molecule has 1 N–H and O–H groups in total. The van der Waals surface area contributed by atoms with E-state index in [4.69, 9.17) is 4.74 Å². The van der Waals surface area contributed by atoms with E-state index in [9.17, 15) is 14.7 Å². The molecular weight excluding hydrogens is 430 g/mol.